The monoisotopic (exact) mass is 402 g/mol. The number of aromatic nitrogens is 2. The van der Waals surface area contributed by atoms with Crippen LogP contribution in [0.15, 0.2) is 89.3 Å². The summed E-state index contributed by atoms with van der Waals surface area (Å²) in [6, 6.07) is 24.5. The molecule has 0 bridgehead atoms. The molecule has 0 atom stereocenters. The molecule has 2 amide bonds. The lowest BCUT2D eigenvalue weighted by atomic mass is 9.99. The lowest BCUT2D eigenvalue weighted by molar-refractivity contribution is 0.249. The van der Waals surface area contributed by atoms with E-state index in [1.807, 2.05) is 60.7 Å². The Hall–Kier alpha value is -4.00. The van der Waals surface area contributed by atoms with Gasteiger partial charge < -0.3 is 9.73 Å². The van der Waals surface area contributed by atoms with Crippen LogP contribution in [-0.2, 0) is 6.42 Å². The summed E-state index contributed by atoms with van der Waals surface area (Å²) in [7, 11) is 0. The SMILES string of the molecule is O=C(Nc1nnc(Cc2ccc(F)cc2)o1)NC(c1ccccc1)c1ccccc1. The molecule has 0 fully saturated rings. The van der Waals surface area contributed by atoms with Gasteiger partial charge in [0.2, 0.25) is 5.89 Å². The Morgan fingerprint density at radius 3 is 2.07 bits per heavy atom. The van der Waals surface area contributed by atoms with E-state index in [-0.39, 0.29) is 17.9 Å². The molecule has 0 aliphatic heterocycles. The normalized spacial score (nSPS) is 10.7. The molecule has 7 heteroatoms. The lowest BCUT2D eigenvalue weighted by Gasteiger charge is -2.19. The van der Waals surface area contributed by atoms with Crippen molar-refractivity contribution in [3.05, 3.63) is 113 Å². The molecule has 0 saturated heterocycles. The van der Waals surface area contributed by atoms with Gasteiger partial charge in [0.25, 0.3) is 0 Å². The zero-order valence-corrected chi connectivity index (χ0v) is 16.0. The second-order valence-corrected chi connectivity index (χ2v) is 6.66. The summed E-state index contributed by atoms with van der Waals surface area (Å²) in [6.45, 7) is 0. The predicted octanol–water partition coefficient (Wildman–Crippen LogP) is 4.71. The molecular weight excluding hydrogens is 383 g/mol. The molecule has 6 nitrogen and oxygen atoms in total. The van der Waals surface area contributed by atoms with Crippen molar-refractivity contribution in [1.29, 1.82) is 0 Å². The molecule has 30 heavy (non-hydrogen) atoms. The van der Waals surface area contributed by atoms with Crippen molar-refractivity contribution in [2.45, 2.75) is 12.5 Å². The third-order valence-electron chi connectivity index (χ3n) is 4.50. The topological polar surface area (TPSA) is 80.1 Å². The minimum atomic E-state index is -0.468. The quantitative estimate of drug-likeness (QED) is 0.489. The fourth-order valence-corrected chi connectivity index (χ4v) is 3.07. The van der Waals surface area contributed by atoms with Gasteiger partial charge in [-0.05, 0) is 28.8 Å². The number of rotatable bonds is 6. The van der Waals surface area contributed by atoms with E-state index in [0.717, 1.165) is 16.7 Å². The maximum Gasteiger partial charge on any atom is 0.323 e. The van der Waals surface area contributed by atoms with Crippen LogP contribution < -0.4 is 10.6 Å². The number of urea groups is 1. The van der Waals surface area contributed by atoms with Crippen LogP contribution in [0.3, 0.4) is 0 Å². The van der Waals surface area contributed by atoms with E-state index in [1.54, 1.807) is 12.1 Å². The van der Waals surface area contributed by atoms with Crippen LogP contribution in [0.1, 0.15) is 28.6 Å². The van der Waals surface area contributed by atoms with Crippen molar-refractivity contribution in [1.82, 2.24) is 15.5 Å². The van der Waals surface area contributed by atoms with Crippen LogP contribution in [0.4, 0.5) is 15.2 Å². The van der Waals surface area contributed by atoms with E-state index in [1.165, 1.54) is 12.1 Å². The number of carbonyl (C=O) groups excluding carboxylic acids is 1. The van der Waals surface area contributed by atoms with E-state index < -0.39 is 6.03 Å². The Labute approximate surface area is 172 Å². The van der Waals surface area contributed by atoms with Crippen LogP contribution in [0.5, 0.6) is 0 Å². The molecule has 1 heterocycles. The average Bonchev–Trinajstić information content (AvgIpc) is 3.21. The van der Waals surface area contributed by atoms with Crippen molar-refractivity contribution >= 4 is 12.0 Å². The van der Waals surface area contributed by atoms with Crippen LogP contribution in [0.2, 0.25) is 0 Å². The maximum absolute atomic E-state index is 13.0. The molecule has 2 N–H and O–H groups in total. The van der Waals surface area contributed by atoms with Gasteiger partial charge in [-0.15, -0.1) is 5.10 Å². The number of hydrogen-bond acceptors (Lipinski definition) is 4. The fourth-order valence-electron chi connectivity index (χ4n) is 3.07. The van der Waals surface area contributed by atoms with E-state index in [0.29, 0.717) is 12.3 Å². The van der Waals surface area contributed by atoms with E-state index in [2.05, 4.69) is 20.8 Å². The predicted molar refractivity (Wildman–Crippen MR) is 110 cm³/mol. The Kier molecular flexibility index (Phi) is 5.80. The van der Waals surface area contributed by atoms with Gasteiger partial charge in [-0.2, -0.15) is 0 Å². The molecule has 0 spiro atoms. The minimum Gasteiger partial charge on any atom is -0.407 e. The van der Waals surface area contributed by atoms with Gasteiger partial charge in [0.05, 0.1) is 12.5 Å². The lowest BCUT2D eigenvalue weighted by Crippen LogP contribution is -2.33. The number of benzene rings is 3. The molecule has 0 radical (unpaired) electrons. The molecule has 0 aliphatic rings. The van der Waals surface area contributed by atoms with Crippen molar-refractivity contribution in [2.75, 3.05) is 5.32 Å². The Morgan fingerprint density at radius 1 is 0.867 bits per heavy atom. The zero-order chi connectivity index (χ0) is 20.8. The fraction of sp³-hybridized carbons (Fsp3) is 0.0870. The van der Waals surface area contributed by atoms with Crippen LogP contribution in [0, 0.1) is 5.82 Å². The highest BCUT2D eigenvalue weighted by atomic mass is 19.1. The Bertz CT molecular complexity index is 1060. The molecule has 0 unspecified atom stereocenters. The largest absolute Gasteiger partial charge is 0.407 e. The van der Waals surface area contributed by atoms with Crippen molar-refractivity contribution in [3.8, 4) is 0 Å². The van der Waals surface area contributed by atoms with Crippen LogP contribution >= 0.6 is 0 Å². The highest BCUT2D eigenvalue weighted by Gasteiger charge is 2.18. The first-order valence-corrected chi connectivity index (χ1v) is 9.41. The third-order valence-corrected chi connectivity index (χ3v) is 4.50. The smallest absolute Gasteiger partial charge is 0.323 e. The van der Waals surface area contributed by atoms with Gasteiger partial charge in [0.15, 0.2) is 0 Å². The van der Waals surface area contributed by atoms with E-state index >= 15 is 0 Å². The highest BCUT2D eigenvalue weighted by Crippen LogP contribution is 2.22. The first-order valence-electron chi connectivity index (χ1n) is 9.41. The number of amides is 2. The Balaban J connectivity index is 1.44. The van der Waals surface area contributed by atoms with E-state index in [9.17, 15) is 9.18 Å². The Morgan fingerprint density at radius 2 is 1.47 bits per heavy atom. The van der Waals surface area contributed by atoms with Gasteiger partial charge in [-0.25, -0.2) is 9.18 Å². The van der Waals surface area contributed by atoms with Gasteiger partial charge in [0, 0.05) is 0 Å². The number of nitrogens with one attached hydrogen (secondary N) is 2. The summed E-state index contributed by atoms with van der Waals surface area (Å²) in [5.74, 6) is 0.00858. The van der Waals surface area contributed by atoms with Gasteiger partial charge in [-0.1, -0.05) is 77.9 Å². The summed E-state index contributed by atoms with van der Waals surface area (Å²) in [5.41, 5.74) is 2.71. The number of hydrogen-bond donors (Lipinski definition) is 2. The summed E-state index contributed by atoms with van der Waals surface area (Å²) in [5, 5.41) is 13.3. The summed E-state index contributed by atoms with van der Waals surface area (Å²) < 4.78 is 18.5. The molecule has 4 rings (SSSR count). The highest BCUT2D eigenvalue weighted by molar-refractivity contribution is 5.87. The number of carbonyl (C=O) groups is 1. The standard InChI is InChI=1S/C23H19FN4O2/c24-19-13-11-16(12-14-19)15-20-27-28-23(30-20)26-22(29)25-21(17-7-3-1-4-8-17)18-9-5-2-6-10-18/h1-14,21H,15H2,(H2,25,26,28,29). The molecule has 4 aromatic rings. The molecule has 0 saturated carbocycles. The first kappa shape index (κ1) is 19.3. The summed E-state index contributed by atoms with van der Waals surface area (Å²) in [6.07, 6.45) is 0.341. The third kappa shape index (κ3) is 4.88. The summed E-state index contributed by atoms with van der Waals surface area (Å²) >= 11 is 0. The van der Waals surface area contributed by atoms with Gasteiger partial charge in [0.1, 0.15) is 5.82 Å². The zero-order valence-electron chi connectivity index (χ0n) is 16.0. The van der Waals surface area contributed by atoms with Crippen LogP contribution in [-0.4, -0.2) is 16.2 Å². The molecular formula is C23H19FN4O2. The van der Waals surface area contributed by atoms with Crippen molar-refractivity contribution in [3.63, 3.8) is 0 Å². The van der Waals surface area contributed by atoms with Crippen LogP contribution in [0.25, 0.3) is 0 Å². The summed E-state index contributed by atoms with van der Waals surface area (Å²) in [4.78, 5) is 12.6. The molecule has 0 aliphatic carbocycles. The molecule has 1 aromatic heterocycles. The molecule has 3 aromatic carbocycles. The first-order chi connectivity index (χ1) is 14.7. The van der Waals surface area contributed by atoms with Gasteiger partial charge >= 0.3 is 12.0 Å². The van der Waals surface area contributed by atoms with Crippen molar-refractivity contribution < 1.29 is 13.6 Å². The number of anilines is 1. The second kappa shape index (κ2) is 9.00. The number of halogens is 1. The van der Waals surface area contributed by atoms with Gasteiger partial charge in [-0.3, -0.25) is 5.32 Å². The second-order valence-electron chi connectivity index (χ2n) is 6.66. The average molecular weight is 402 g/mol. The minimum absolute atomic E-state index is 0.00974. The maximum atomic E-state index is 13.0. The van der Waals surface area contributed by atoms with Crippen molar-refractivity contribution in [2.24, 2.45) is 0 Å². The molecule has 150 valence electrons. The van der Waals surface area contributed by atoms with E-state index in [4.69, 9.17) is 4.42 Å². The number of nitrogens with zero attached hydrogens (tertiary/aromatic N) is 2.